The minimum absolute atomic E-state index is 0.0568. The molecule has 4 N–H and O–H groups in total. The summed E-state index contributed by atoms with van der Waals surface area (Å²) >= 11 is 0. The van der Waals surface area contributed by atoms with Crippen LogP contribution in [0.2, 0.25) is 0 Å². The Labute approximate surface area is 148 Å². The van der Waals surface area contributed by atoms with Gasteiger partial charge in [-0.15, -0.1) is 0 Å². The molecule has 0 radical (unpaired) electrons. The van der Waals surface area contributed by atoms with Crippen molar-refractivity contribution in [3.63, 3.8) is 0 Å². The Morgan fingerprint density at radius 3 is 2.48 bits per heavy atom. The summed E-state index contributed by atoms with van der Waals surface area (Å²) in [7, 11) is 0.666. The lowest BCUT2D eigenvalue weighted by atomic mass is 9.87. The summed E-state index contributed by atoms with van der Waals surface area (Å²) in [6.07, 6.45) is -1.31. The molecule has 0 aliphatic heterocycles. The Balaban J connectivity index is 4.19. The van der Waals surface area contributed by atoms with Gasteiger partial charge < -0.3 is 34.5 Å². The summed E-state index contributed by atoms with van der Waals surface area (Å²) in [5, 5.41) is 18.8. The second kappa shape index (κ2) is 12.1. The molecule has 11 heteroatoms. The highest BCUT2D eigenvalue weighted by Gasteiger charge is 2.34. The van der Waals surface area contributed by atoms with Gasteiger partial charge in [-0.2, -0.15) is 0 Å². The maximum atomic E-state index is 12.0. The number of hydrogen-bond donors (Lipinski definition) is 4. The van der Waals surface area contributed by atoms with Crippen molar-refractivity contribution >= 4 is 26.1 Å². The van der Waals surface area contributed by atoms with Crippen LogP contribution in [0.4, 0.5) is 0 Å². The van der Waals surface area contributed by atoms with Crippen LogP contribution in [-0.2, 0) is 23.5 Å². The van der Waals surface area contributed by atoms with Crippen LogP contribution in [0.1, 0.15) is 27.2 Å². The highest BCUT2D eigenvalue weighted by Crippen LogP contribution is 2.35. The van der Waals surface area contributed by atoms with E-state index in [1.807, 2.05) is 0 Å². The van der Waals surface area contributed by atoms with Crippen molar-refractivity contribution in [2.24, 2.45) is 10.6 Å². The smallest absolute Gasteiger partial charge is 0.329 e. The van der Waals surface area contributed by atoms with Crippen LogP contribution in [0, 0.1) is 5.41 Å². The van der Waals surface area contributed by atoms with Crippen LogP contribution >= 0.6 is 8.60 Å². The van der Waals surface area contributed by atoms with Gasteiger partial charge in [-0.3, -0.25) is 9.59 Å². The number of oxime groups is 1. The molecule has 0 saturated heterocycles. The summed E-state index contributed by atoms with van der Waals surface area (Å²) in [4.78, 5) is 37.4. The third-order valence-corrected chi connectivity index (χ3v) is 3.79. The molecule has 0 aromatic carbocycles. The van der Waals surface area contributed by atoms with Crippen LogP contribution < -0.4 is 10.6 Å². The van der Waals surface area contributed by atoms with Crippen molar-refractivity contribution in [2.45, 2.75) is 33.3 Å². The van der Waals surface area contributed by atoms with Gasteiger partial charge in [0.15, 0.2) is 0 Å². The molecule has 2 amide bonds. The first-order chi connectivity index (χ1) is 11.6. The number of nitrogens with one attached hydrogen (secondary N) is 2. The average Bonchev–Trinajstić information content (AvgIpc) is 2.57. The first kappa shape index (κ1) is 23.7. The van der Waals surface area contributed by atoms with Crippen LogP contribution in [0.25, 0.3) is 0 Å². The zero-order valence-corrected chi connectivity index (χ0v) is 16.1. The van der Waals surface area contributed by atoms with E-state index in [1.54, 1.807) is 20.8 Å². The van der Waals surface area contributed by atoms with E-state index in [1.165, 1.54) is 14.2 Å². The first-order valence-corrected chi connectivity index (χ1v) is 8.72. The molecule has 0 saturated carbocycles. The average molecular weight is 381 g/mol. The number of aliphatic hydroxyl groups excluding tert-OH is 1. The summed E-state index contributed by atoms with van der Waals surface area (Å²) < 4.78 is 9.60. The van der Waals surface area contributed by atoms with Crippen molar-refractivity contribution < 1.29 is 33.5 Å². The van der Waals surface area contributed by atoms with Gasteiger partial charge in [0.2, 0.25) is 11.8 Å². The lowest BCUT2D eigenvalue weighted by molar-refractivity contribution is -0.136. The van der Waals surface area contributed by atoms with E-state index in [0.29, 0.717) is 5.71 Å². The Hall–Kier alpha value is -1.32. The molecular weight excluding hydrogens is 353 g/mol. The third kappa shape index (κ3) is 10.3. The standard InChI is InChI=1S/C14H28N3O7P/c1-10(17-22-4)8-16-11(18)6-7-15-13(20)12(19)14(2,3)9-24-25(21)23-5/h12,19,21H,6-9H2,1-5H3,(H,15,20)(H,16,18)/b17-10+. The topological polar surface area (TPSA) is 139 Å². The van der Waals surface area contributed by atoms with E-state index in [-0.39, 0.29) is 32.0 Å². The Bertz CT molecular complexity index is 460. The number of carbonyl (C=O) groups excluding carboxylic acids is 2. The molecule has 0 rings (SSSR count). The van der Waals surface area contributed by atoms with Crippen molar-refractivity contribution in [3.05, 3.63) is 0 Å². The van der Waals surface area contributed by atoms with Gasteiger partial charge in [-0.25, -0.2) is 0 Å². The predicted octanol–water partition coefficient (Wildman–Crippen LogP) is -0.0995. The zero-order chi connectivity index (χ0) is 19.5. The number of aliphatic hydroxyl groups is 1. The summed E-state index contributed by atoms with van der Waals surface area (Å²) in [6.45, 7) is 5.17. The Morgan fingerprint density at radius 1 is 1.28 bits per heavy atom. The van der Waals surface area contributed by atoms with Crippen LogP contribution in [0.3, 0.4) is 0 Å². The van der Waals surface area contributed by atoms with Gasteiger partial charge >= 0.3 is 8.60 Å². The van der Waals surface area contributed by atoms with Crippen molar-refractivity contribution in [3.8, 4) is 0 Å². The number of carbonyl (C=O) groups is 2. The highest BCUT2D eigenvalue weighted by atomic mass is 31.2. The van der Waals surface area contributed by atoms with Crippen LogP contribution in [-0.4, -0.2) is 67.5 Å². The largest absolute Gasteiger partial charge is 0.399 e. The molecule has 0 aromatic heterocycles. The zero-order valence-electron chi connectivity index (χ0n) is 15.2. The molecule has 0 aromatic rings. The quantitative estimate of drug-likeness (QED) is 0.210. The van der Waals surface area contributed by atoms with Crippen molar-refractivity contribution in [1.29, 1.82) is 0 Å². The SMILES string of the molecule is CO/N=C(\C)CNC(=O)CCNC(=O)C(O)C(C)(C)COP(O)OC. The molecule has 2 atom stereocenters. The summed E-state index contributed by atoms with van der Waals surface area (Å²) in [5.41, 5.74) is -0.334. The minimum Gasteiger partial charge on any atom is -0.399 e. The Morgan fingerprint density at radius 2 is 1.92 bits per heavy atom. The normalized spacial score (nSPS) is 14.6. The maximum absolute atomic E-state index is 12.0. The molecule has 0 bridgehead atoms. The van der Waals surface area contributed by atoms with Crippen molar-refractivity contribution in [1.82, 2.24) is 10.6 Å². The lowest BCUT2D eigenvalue weighted by Crippen LogP contribution is -2.46. The second-order valence-corrected chi connectivity index (χ2v) is 7.01. The fourth-order valence-electron chi connectivity index (χ4n) is 1.61. The Kier molecular flexibility index (Phi) is 11.5. The number of hydrogen-bond acceptors (Lipinski definition) is 8. The van der Waals surface area contributed by atoms with E-state index < -0.39 is 26.0 Å². The van der Waals surface area contributed by atoms with Crippen LogP contribution in [0.5, 0.6) is 0 Å². The van der Waals surface area contributed by atoms with Gasteiger partial charge in [0, 0.05) is 25.5 Å². The number of amides is 2. The number of nitrogens with zero attached hydrogens (tertiary/aromatic N) is 1. The second-order valence-electron chi connectivity index (χ2n) is 5.91. The molecule has 25 heavy (non-hydrogen) atoms. The molecule has 0 heterocycles. The molecule has 146 valence electrons. The van der Waals surface area contributed by atoms with Gasteiger partial charge in [0.1, 0.15) is 13.2 Å². The highest BCUT2D eigenvalue weighted by molar-refractivity contribution is 7.40. The summed E-state index contributed by atoms with van der Waals surface area (Å²) in [6, 6.07) is 0. The number of rotatable bonds is 12. The fourth-order valence-corrected chi connectivity index (χ4v) is 2.16. The first-order valence-electron chi connectivity index (χ1n) is 7.59. The van der Waals surface area contributed by atoms with Gasteiger partial charge in [0.05, 0.1) is 18.9 Å². The van der Waals surface area contributed by atoms with Crippen molar-refractivity contribution in [2.75, 3.05) is 33.9 Å². The molecule has 10 nitrogen and oxygen atoms in total. The summed E-state index contributed by atoms with van der Waals surface area (Å²) in [5.74, 6) is -0.896. The van der Waals surface area contributed by atoms with Crippen LogP contribution in [0.15, 0.2) is 5.16 Å². The van der Waals surface area contributed by atoms with E-state index in [4.69, 9.17) is 4.52 Å². The molecular formula is C14H28N3O7P. The third-order valence-electron chi connectivity index (χ3n) is 3.13. The molecule has 0 spiro atoms. The van der Waals surface area contributed by atoms with E-state index in [0.717, 1.165) is 0 Å². The van der Waals surface area contributed by atoms with E-state index >= 15 is 0 Å². The molecule has 0 fully saturated rings. The van der Waals surface area contributed by atoms with E-state index in [9.17, 15) is 19.6 Å². The lowest BCUT2D eigenvalue weighted by Gasteiger charge is -2.29. The maximum Gasteiger partial charge on any atom is 0.329 e. The fraction of sp³-hybridized carbons (Fsp3) is 0.786. The monoisotopic (exact) mass is 381 g/mol. The van der Waals surface area contributed by atoms with E-state index in [2.05, 4.69) is 25.2 Å². The minimum atomic E-state index is -2.03. The molecule has 0 aliphatic rings. The predicted molar refractivity (Wildman–Crippen MR) is 92.6 cm³/mol. The van der Waals surface area contributed by atoms with Gasteiger partial charge in [-0.1, -0.05) is 19.0 Å². The molecule has 2 unspecified atom stereocenters. The molecule has 0 aliphatic carbocycles. The van der Waals surface area contributed by atoms with Gasteiger partial charge in [0.25, 0.3) is 0 Å². The van der Waals surface area contributed by atoms with Gasteiger partial charge in [-0.05, 0) is 6.92 Å².